The quantitative estimate of drug-likeness (QED) is 0.504. The number of amides is 1. The van der Waals surface area contributed by atoms with Gasteiger partial charge in [-0.3, -0.25) is 4.79 Å². The summed E-state index contributed by atoms with van der Waals surface area (Å²) in [4.78, 5) is 17.3. The van der Waals surface area contributed by atoms with Crippen molar-refractivity contribution >= 4 is 22.7 Å². The molecule has 0 aliphatic rings. The maximum absolute atomic E-state index is 12.8. The van der Waals surface area contributed by atoms with Crippen molar-refractivity contribution in [2.24, 2.45) is 0 Å². The van der Waals surface area contributed by atoms with Crippen LogP contribution < -0.4 is 5.32 Å². The number of rotatable bonds is 5. The van der Waals surface area contributed by atoms with Crippen molar-refractivity contribution in [3.8, 4) is 11.5 Å². The first kappa shape index (κ1) is 17.0. The van der Waals surface area contributed by atoms with E-state index >= 15 is 0 Å². The Balaban J connectivity index is 1.58. The molecule has 0 spiro atoms. The van der Waals surface area contributed by atoms with Crippen LogP contribution in [-0.4, -0.2) is 10.9 Å². The molecular formula is C23H20N2O2. The number of benzene rings is 3. The maximum atomic E-state index is 12.8. The molecule has 0 saturated heterocycles. The lowest BCUT2D eigenvalue weighted by Crippen LogP contribution is -2.20. The number of oxazole rings is 1. The Hall–Kier alpha value is -3.40. The zero-order valence-electron chi connectivity index (χ0n) is 15.1. The number of fused-ring (bicyclic) bond motifs is 1. The Morgan fingerprint density at radius 2 is 1.78 bits per heavy atom. The molecule has 1 atom stereocenters. The van der Waals surface area contributed by atoms with Gasteiger partial charge in [-0.1, -0.05) is 55.5 Å². The van der Waals surface area contributed by atoms with Gasteiger partial charge in [0.1, 0.15) is 5.52 Å². The van der Waals surface area contributed by atoms with E-state index in [1.807, 2.05) is 85.8 Å². The zero-order valence-corrected chi connectivity index (χ0v) is 15.1. The highest BCUT2D eigenvalue weighted by molar-refractivity contribution is 5.96. The third kappa shape index (κ3) is 3.60. The van der Waals surface area contributed by atoms with E-state index in [1.165, 1.54) is 0 Å². The molecule has 134 valence electrons. The molecule has 0 radical (unpaired) electrons. The van der Waals surface area contributed by atoms with E-state index in [2.05, 4.69) is 10.3 Å². The van der Waals surface area contributed by atoms with Gasteiger partial charge >= 0.3 is 0 Å². The number of para-hydroxylation sites is 2. The number of aromatic nitrogens is 1. The Morgan fingerprint density at radius 1 is 1.00 bits per heavy atom. The zero-order chi connectivity index (χ0) is 18.6. The van der Waals surface area contributed by atoms with Crippen LogP contribution in [0.4, 0.5) is 5.69 Å². The fourth-order valence-corrected chi connectivity index (χ4v) is 3.21. The fraction of sp³-hybridized carbons (Fsp3) is 0.130. The van der Waals surface area contributed by atoms with Crippen molar-refractivity contribution in [2.45, 2.75) is 19.3 Å². The number of nitrogens with zero attached hydrogens (tertiary/aromatic N) is 1. The number of hydrogen-bond donors (Lipinski definition) is 1. The number of nitrogens with one attached hydrogen (secondary N) is 1. The highest BCUT2D eigenvalue weighted by atomic mass is 16.3. The van der Waals surface area contributed by atoms with Crippen LogP contribution in [0.3, 0.4) is 0 Å². The first-order chi connectivity index (χ1) is 13.2. The summed E-state index contributed by atoms with van der Waals surface area (Å²) in [5.74, 6) is 0.347. The summed E-state index contributed by atoms with van der Waals surface area (Å²) in [6, 6.07) is 25.1. The minimum atomic E-state index is -0.181. The average molecular weight is 356 g/mol. The summed E-state index contributed by atoms with van der Waals surface area (Å²) in [7, 11) is 0. The molecule has 1 aromatic heterocycles. The summed E-state index contributed by atoms with van der Waals surface area (Å²) in [6.07, 6.45) is 0.737. The minimum Gasteiger partial charge on any atom is -0.436 e. The van der Waals surface area contributed by atoms with Gasteiger partial charge in [0.25, 0.3) is 0 Å². The molecule has 1 heterocycles. The van der Waals surface area contributed by atoms with Gasteiger partial charge in [0.2, 0.25) is 11.8 Å². The van der Waals surface area contributed by atoms with E-state index < -0.39 is 0 Å². The molecule has 0 fully saturated rings. The molecule has 0 aliphatic carbocycles. The summed E-state index contributed by atoms with van der Waals surface area (Å²) < 4.78 is 5.83. The van der Waals surface area contributed by atoms with Crippen molar-refractivity contribution in [3.05, 3.63) is 84.4 Å². The molecular weight excluding hydrogens is 336 g/mol. The van der Waals surface area contributed by atoms with Crippen molar-refractivity contribution in [1.29, 1.82) is 0 Å². The topological polar surface area (TPSA) is 55.1 Å². The van der Waals surface area contributed by atoms with Crippen LogP contribution in [0.25, 0.3) is 22.6 Å². The molecule has 3 aromatic carbocycles. The van der Waals surface area contributed by atoms with Crippen molar-refractivity contribution in [3.63, 3.8) is 0 Å². The second-order valence-corrected chi connectivity index (χ2v) is 6.43. The van der Waals surface area contributed by atoms with Crippen molar-refractivity contribution in [2.75, 3.05) is 5.32 Å². The summed E-state index contributed by atoms with van der Waals surface area (Å²) in [5.41, 5.74) is 4.15. The predicted molar refractivity (Wildman–Crippen MR) is 108 cm³/mol. The van der Waals surface area contributed by atoms with Gasteiger partial charge in [-0.2, -0.15) is 0 Å². The molecule has 4 heteroatoms. The summed E-state index contributed by atoms with van der Waals surface area (Å²) in [5, 5.41) is 3.03. The SMILES string of the molecule is CC[C@H](C(=O)Nc1cccc(-c2nc3ccccc3o2)c1)c1ccccc1. The standard InChI is InChI=1S/C23H20N2O2/c1-2-19(16-9-4-3-5-10-16)22(26)24-18-12-8-11-17(15-18)23-25-20-13-6-7-14-21(20)27-23/h3-15,19H,2H2,1H3,(H,24,26)/t19-/m0/s1. The van der Waals surface area contributed by atoms with Crippen LogP contribution in [-0.2, 0) is 4.79 Å². The van der Waals surface area contributed by atoms with E-state index in [9.17, 15) is 4.79 Å². The molecule has 4 nitrogen and oxygen atoms in total. The first-order valence-corrected chi connectivity index (χ1v) is 9.06. The monoisotopic (exact) mass is 356 g/mol. The highest BCUT2D eigenvalue weighted by Crippen LogP contribution is 2.27. The van der Waals surface area contributed by atoms with E-state index in [-0.39, 0.29) is 11.8 Å². The van der Waals surface area contributed by atoms with Crippen LogP contribution in [0, 0.1) is 0 Å². The molecule has 1 amide bonds. The Morgan fingerprint density at radius 3 is 2.56 bits per heavy atom. The summed E-state index contributed by atoms with van der Waals surface area (Å²) >= 11 is 0. The lowest BCUT2D eigenvalue weighted by Gasteiger charge is -2.15. The molecule has 0 aliphatic heterocycles. The van der Waals surface area contributed by atoms with E-state index in [1.54, 1.807) is 0 Å². The van der Waals surface area contributed by atoms with E-state index in [0.29, 0.717) is 5.89 Å². The first-order valence-electron chi connectivity index (χ1n) is 9.06. The second-order valence-electron chi connectivity index (χ2n) is 6.43. The average Bonchev–Trinajstić information content (AvgIpc) is 3.14. The normalized spacial score (nSPS) is 12.0. The number of carbonyl (C=O) groups excluding carboxylic acids is 1. The lowest BCUT2D eigenvalue weighted by molar-refractivity contribution is -0.117. The predicted octanol–water partition coefficient (Wildman–Crippen LogP) is 5.63. The molecule has 4 rings (SSSR count). The van der Waals surface area contributed by atoms with Crippen molar-refractivity contribution < 1.29 is 9.21 Å². The Labute approximate surface area is 157 Å². The smallest absolute Gasteiger partial charge is 0.231 e. The minimum absolute atomic E-state index is 0.0154. The van der Waals surface area contributed by atoms with Crippen LogP contribution in [0.1, 0.15) is 24.8 Å². The van der Waals surface area contributed by atoms with Gasteiger partial charge < -0.3 is 9.73 Å². The molecule has 1 N–H and O–H groups in total. The van der Waals surface area contributed by atoms with Gasteiger partial charge in [-0.15, -0.1) is 0 Å². The fourth-order valence-electron chi connectivity index (χ4n) is 3.21. The molecule has 0 saturated carbocycles. The second kappa shape index (κ2) is 7.46. The van der Waals surface area contributed by atoms with Crippen molar-refractivity contribution in [1.82, 2.24) is 4.98 Å². The van der Waals surface area contributed by atoms with Gasteiger partial charge in [-0.05, 0) is 42.3 Å². The van der Waals surface area contributed by atoms with Gasteiger partial charge in [0.15, 0.2) is 5.58 Å². The molecule has 4 aromatic rings. The third-order valence-corrected chi connectivity index (χ3v) is 4.60. The highest BCUT2D eigenvalue weighted by Gasteiger charge is 2.19. The molecule has 0 bridgehead atoms. The van der Waals surface area contributed by atoms with E-state index in [0.717, 1.165) is 34.3 Å². The number of carbonyl (C=O) groups is 1. The summed E-state index contributed by atoms with van der Waals surface area (Å²) in [6.45, 7) is 2.02. The van der Waals surface area contributed by atoms with Crippen LogP contribution in [0.5, 0.6) is 0 Å². The lowest BCUT2D eigenvalue weighted by atomic mass is 9.95. The Bertz CT molecular complexity index is 1040. The molecule has 27 heavy (non-hydrogen) atoms. The third-order valence-electron chi connectivity index (χ3n) is 4.60. The van der Waals surface area contributed by atoms with Crippen LogP contribution in [0.2, 0.25) is 0 Å². The number of hydrogen-bond acceptors (Lipinski definition) is 3. The number of anilines is 1. The van der Waals surface area contributed by atoms with Gasteiger partial charge in [0.05, 0.1) is 5.92 Å². The van der Waals surface area contributed by atoms with Crippen LogP contribution >= 0.6 is 0 Å². The Kier molecular flexibility index (Phi) is 4.71. The molecule has 0 unspecified atom stereocenters. The maximum Gasteiger partial charge on any atom is 0.231 e. The largest absolute Gasteiger partial charge is 0.436 e. The van der Waals surface area contributed by atoms with Gasteiger partial charge in [-0.25, -0.2) is 4.98 Å². The van der Waals surface area contributed by atoms with Gasteiger partial charge in [0, 0.05) is 11.3 Å². The van der Waals surface area contributed by atoms with Crippen LogP contribution in [0.15, 0.2) is 83.3 Å². The van der Waals surface area contributed by atoms with E-state index in [4.69, 9.17) is 4.42 Å².